The maximum Gasteiger partial charge on any atom is 0.223 e. The van der Waals surface area contributed by atoms with E-state index in [1.165, 1.54) is 19.3 Å². The molecule has 1 rings (SSSR count). The van der Waals surface area contributed by atoms with Gasteiger partial charge in [-0.3, -0.25) is 4.79 Å². The van der Waals surface area contributed by atoms with E-state index in [2.05, 4.69) is 5.32 Å². The smallest absolute Gasteiger partial charge is 0.223 e. The first-order valence-electron chi connectivity index (χ1n) is 5.94. The van der Waals surface area contributed by atoms with Gasteiger partial charge in [-0.05, 0) is 12.8 Å². The predicted octanol–water partition coefficient (Wildman–Crippen LogP) is 1.70. The van der Waals surface area contributed by atoms with Crippen molar-refractivity contribution in [3.63, 3.8) is 0 Å². The first-order chi connectivity index (χ1) is 7.05. The number of hydrogen-bond donors (Lipinski definition) is 2. The first kappa shape index (κ1) is 12.5. The molecule has 0 aliphatic heterocycles. The van der Waals surface area contributed by atoms with Crippen molar-refractivity contribution in [2.45, 2.75) is 46.0 Å². The summed E-state index contributed by atoms with van der Waals surface area (Å²) in [5.74, 6) is 0.393. The summed E-state index contributed by atoms with van der Waals surface area (Å²) in [5.41, 5.74) is -0.204. The monoisotopic (exact) mass is 213 g/mol. The Balaban J connectivity index is 2.28. The highest BCUT2D eigenvalue weighted by molar-refractivity contribution is 5.78. The molecule has 1 fully saturated rings. The molecule has 0 radical (unpaired) electrons. The van der Waals surface area contributed by atoms with Gasteiger partial charge in [0.15, 0.2) is 0 Å². The summed E-state index contributed by atoms with van der Waals surface area (Å²) in [5, 5.41) is 12.0. The van der Waals surface area contributed by atoms with E-state index in [1.807, 2.05) is 13.8 Å². The van der Waals surface area contributed by atoms with Gasteiger partial charge in [0.05, 0.1) is 0 Å². The lowest BCUT2D eigenvalue weighted by Gasteiger charge is -2.25. The molecule has 1 saturated carbocycles. The number of hydrogen-bond acceptors (Lipinski definition) is 2. The van der Waals surface area contributed by atoms with Gasteiger partial charge in [0.25, 0.3) is 0 Å². The second kappa shape index (κ2) is 5.50. The highest BCUT2D eigenvalue weighted by Gasteiger charge is 2.23. The van der Waals surface area contributed by atoms with Crippen LogP contribution < -0.4 is 5.32 Å². The third kappa shape index (κ3) is 4.20. The quantitative estimate of drug-likeness (QED) is 0.746. The number of carbonyl (C=O) groups excluding carboxylic acids is 1. The molecule has 1 amide bonds. The van der Waals surface area contributed by atoms with Crippen LogP contribution in [0.2, 0.25) is 0 Å². The number of aliphatic hydroxyl groups is 1. The van der Waals surface area contributed by atoms with E-state index in [9.17, 15) is 4.79 Å². The summed E-state index contributed by atoms with van der Waals surface area (Å²) < 4.78 is 0. The Morgan fingerprint density at radius 2 is 1.93 bits per heavy atom. The minimum atomic E-state index is -0.204. The van der Waals surface area contributed by atoms with Gasteiger partial charge in [0.2, 0.25) is 5.91 Å². The zero-order valence-corrected chi connectivity index (χ0v) is 9.88. The number of carbonyl (C=O) groups is 1. The lowest BCUT2D eigenvalue weighted by atomic mass is 9.88. The van der Waals surface area contributed by atoms with Gasteiger partial charge in [-0.2, -0.15) is 0 Å². The number of rotatable bonds is 4. The van der Waals surface area contributed by atoms with E-state index in [4.69, 9.17) is 5.11 Å². The molecule has 3 heteroatoms. The number of amides is 1. The molecule has 88 valence electrons. The standard InChI is InChI=1S/C12H23NO2/c1-12(2,9-14)8-13-11(15)10-6-4-3-5-7-10/h10,14H,3-9H2,1-2H3,(H,13,15). The fraction of sp³-hybridized carbons (Fsp3) is 0.917. The molecule has 0 saturated heterocycles. The minimum Gasteiger partial charge on any atom is -0.396 e. The summed E-state index contributed by atoms with van der Waals surface area (Å²) in [6.07, 6.45) is 5.70. The second-order valence-electron chi connectivity index (χ2n) is 5.38. The van der Waals surface area contributed by atoms with Crippen molar-refractivity contribution in [2.75, 3.05) is 13.2 Å². The zero-order valence-electron chi connectivity index (χ0n) is 9.88. The van der Waals surface area contributed by atoms with Crippen LogP contribution in [0.4, 0.5) is 0 Å². The second-order valence-corrected chi connectivity index (χ2v) is 5.38. The molecule has 0 aromatic heterocycles. The van der Waals surface area contributed by atoms with E-state index < -0.39 is 0 Å². The molecule has 2 N–H and O–H groups in total. The van der Waals surface area contributed by atoms with Crippen LogP contribution in [0, 0.1) is 11.3 Å². The van der Waals surface area contributed by atoms with Crippen LogP contribution in [0.25, 0.3) is 0 Å². The molecule has 0 spiro atoms. The largest absolute Gasteiger partial charge is 0.396 e. The third-order valence-electron chi connectivity index (χ3n) is 3.15. The van der Waals surface area contributed by atoms with Crippen LogP contribution in [0.3, 0.4) is 0 Å². The molecular formula is C12H23NO2. The van der Waals surface area contributed by atoms with E-state index >= 15 is 0 Å². The number of nitrogens with one attached hydrogen (secondary N) is 1. The van der Waals surface area contributed by atoms with Crippen LogP contribution in [-0.4, -0.2) is 24.2 Å². The fourth-order valence-corrected chi connectivity index (χ4v) is 1.89. The van der Waals surface area contributed by atoms with Gasteiger partial charge in [0, 0.05) is 24.5 Å². The Labute approximate surface area is 92.3 Å². The van der Waals surface area contributed by atoms with Crippen molar-refractivity contribution in [3.8, 4) is 0 Å². The molecule has 0 aromatic carbocycles. The normalized spacial score (nSPS) is 18.9. The Kier molecular flexibility index (Phi) is 4.58. The van der Waals surface area contributed by atoms with Gasteiger partial charge < -0.3 is 10.4 Å². The fourth-order valence-electron chi connectivity index (χ4n) is 1.89. The van der Waals surface area contributed by atoms with Crippen LogP contribution in [0.5, 0.6) is 0 Å². The maximum atomic E-state index is 11.8. The van der Waals surface area contributed by atoms with Gasteiger partial charge in [0.1, 0.15) is 0 Å². The van der Waals surface area contributed by atoms with Crippen LogP contribution >= 0.6 is 0 Å². The molecule has 0 heterocycles. The predicted molar refractivity (Wildman–Crippen MR) is 60.5 cm³/mol. The highest BCUT2D eigenvalue weighted by atomic mass is 16.3. The first-order valence-corrected chi connectivity index (χ1v) is 5.94. The van der Waals surface area contributed by atoms with Gasteiger partial charge >= 0.3 is 0 Å². The average Bonchev–Trinajstić information content (AvgIpc) is 2.27. The van der Waals surface area contributed by atoms with Crippen molar-refractivity contribution in [3.05, 3.63) is 0 Å². The SMILES string of the molecule is CC(C)(CO)CNC(=O)C1CCCCC1. The molecule has 0 aromatic rings. The summed E-state index contributed by atoms with van der Waals surface area (Å²) in [7, 11) is 0. The number of aliphatic hydroxyl groups excluding tert-OH is 1. The molecule has 0 atom stereocenters. The van der Waals surface area contributed by atoms with Crippen LogP contribution in [0.1, 0.15) is 46.0 Å². The highest BCUT2D eigenvalue weighted by Crippen LogP contribution is 2.23. The molecular weight excluding hydrogens is 190 g/mol. The van der Waals surface area contributed by atoms with E-state index in [0.29, 0.717) is 6.54 Å². The molecule has 1 aliphatic carbocycles. The van der Waals surface area contributed by atoms with Crippen molar-refractivity contribution >= 4 is 5.91 Å². The van der Waals surface area contributed by atoms with Crippen molar-refractivity contribution in [1.29, 1.82) is 0 Å². The molecule has 0 bridgehead atoms. The van der Waals surface area contributed by atoms with Gasteiger partial charge in [-0.25, -0.2) is 0 Å². The Morgan fingerprint density at radius 1 is 1.33 bits per heavy atom. The summed E-state index contributed by atoms with van der Waals surface area (Å²) in [6.45, 7) is 4.58. The molecule has 0 unspecified atom stereocenters. The van der Waals surface area contributed by atoms with Crippen LogP contribution in [0.15, 0.2) is 0 Å². The summed E-state index contributed by atoms with van der Waals surface area (Å²) in [6, 6.07) is 0. The topological polar surface area (TPSA) is 49.3 Å². The molecule has 1 aliphatic rings. The zero-order chi connectivity index (χ0) is 11.3. The summed E-state index contributed by atoms with van der Waals surface area (Å²) >= 11 is 0. The van der Waals surface area contributed by atoms with Crippen molar-refractivity contribution in [2.24, 2.45) is 11.3 Å². The maximum absolute atomic E-state index is 11.8. The lowest BCUT2D eigenvalue weighted by molar-refractivity contribution is -0.126. The Morgan fingerprint density at radius 3 is 2.47 bits per heavy atom. The molecule has 3 nitrogen and oxygen atoms in total. The van der Waals surface area contributed by atoms with Crippen molar-refractivity contribution < 1.29 is 9.90 Å². The Hall–Kier alpha value is -0.570. The third-order valence-corrected chi connectivity index (χ3v) is 3.15. The lowest BCUT2D eigenvalue weighted by Crippen LogP contribution is -2.39. The Bertz CT molecular complexity index is 208. The van der Waals surface area contributed by atoms with Gasteiger partial charge in [-0.15, -0.1) is 0 Å². The molecule has 15 heavy (non-hydrogen) atoms. The van der Waals surface area contributed by atoms with Crippen LogP contribution in [-0.2, 0) is 4.79 Å². The minimum absolute atomic E-state index is 0.109. The van der Waals surface area contributed by atoms with E-state index in [-0.39, 0.29) is 23.8 Å². The van der Waals surface area contributed by atoms with E-state index in [0.717, 1.165) is 12.8 Å². The van der Waals surface area contributed by atoms with E-state index in [1.54, 1.807) is 0 Å². The average molecular weight is 213 g/mol. The van der Waals surface area contributed by atoms with Gasteiger partial charge in [-0.1, -0.05) is 33.1 Å². The van der Waals surface area contributed by atoms with Crippen molar-refractivity contribution in [1.82, 2.24) is 5.32 Å². The summed E-state index contributed by atoms with van der Waals surface area (Å²) in [4.78, 5) is 11.8.